The van der Waals surface area contributed by atoms with Crippen LogP contribution in [-0.2, 0) is 4.79 Å². The average molecular weight is 337 g/mol. The minimum Gasteiger partial charge on any atom is -0.369 e. The minimum absolute atomic E-state index is 0.118. The number of rotatable bonds is 3. The number of nitrogens with one attached hydrogen (secondary N) is 1. The number of hydrogen-bond donors (Lipinski definition) is 1. The van der Waals surface area contributed by atoms with E-state index in [4.69, 9.17) is 11.6 Å². The van der Waals surface area contributed by atoms with Crippen LogP contribution in [-0.4, -0.2) is 67.6 Å². The fraction of sp³-hybridized carbons (Fsp3) is 0.500. The van der Waals surface area contributed by atoms with Gasteiger partial charge < -0.3 is 10.2 Å². The number of nitrogens with zero attached hydrogens (tertiary/aromatic N) is 3. The minimum atomic E-state index is -0.275. The second kappa shape index (κ2) is 6.76. The van der Waals surface area contributed by atoms with Crippen molar-refractivity contribution in [3.63, 3.8) is 0 Å². The van der Waals surface area contributed by atoms with E-state index in [1.54, 1.807) is 0 Å². The lowest BCUT2D eigenvalue weighted by atomic mass is 10.1. The van der Waals surface area contributed by atoms with Gasteiger partial charge in [0.05, 0.1) is 6.54 Å². The SMILES string of the molecule is Cc1ccc(Cl)cc1N1CCN(CC(=O)N2CCNC2=O)CC1. The van der Waals surface area contributed by atoms with E-state index < -0.39 is 0 Å². The van der Waals surface area contributed by atoms with Crippen molar-refractivity contribution >= 4 is 29.2 Å². The highest BCUT2D eigenvalue weighted by Gasteiger charge is 2.28. The van der Waals surface area contributed by atoms with E-state index >= 15 is 0 Å². The van der Waals surface area contributed by atoms with Gasteiger partial charge in [-0.25, -0.2) is 4.79 Å². The maximum atomic E-state index is 12.2. The first-order valence-corrected chi connectivity index (χ1v) is 8.24. The molecule has 1 N–H and O–H groups in total. The van der Waals surface area contributed by atoms with Gasteiger partial charge in [-0.2, -0.15) is 0 Å². The van der Waals surface area contributed by atoms with Crippen molar-refractivity contribution in [1.82, 2.24) is 15.1 Å². The van der Waals surface area contributed by atoms with Crippen LogP contribution >= 0.6 is 11.6 Å². The predicted octanol–water partition coefficient (Wildman–Crippen LogP) is 1.32. The van der Waals surface area contributed by atoms with Gasteiger partial charge in [0.25, 0.3) is 0 Å². The van der Waals surface area contributed by atoms with E-state index in [2.05, 4.69) is 22.0 Å². The molecule has 0 aliphatic carbocycles. The predicted molar refractivity (Wildman–Crippen MR) is 90.0 cm³/mol. The van der Waals surface area contributed by atoms with Gasteiger partial charge in [0.1, 0.15) is 0 Å². The fourth-order valence-electron chi connectivity index (χ4n) is 3.06. The molecule has 2 saturated heterocycles. The normalized spacial score (nSPS) is 19.1. The van der Waals surface area contributed by atoms with Gasteiger partial charge in [-0.05, 0) is 24.6 Å². The highest BCUT2D eigenvalue weighted by atomic mass is 35.5. The summed E-state index contributed by atoms with van der Waals surface area (Å²) in [4.78, 5) is 29.4. The first-order chi connectivity index (χ1) is 11.0. The van der Waals surface area contributed by atoms with Crippen molar-refractivity contribution in [3.05, 3.63) is 28.8 Å². The van der Waals surface area contributed by atoms with Gasteiger partial charge in [0.2, 0.25) is 5.91 Å². The van der Waals surface area contributed by atoms with Gasteiger partial charge in [-0.3, -0.25) is 14.6 Å². The van der Waals surface area contributed by atoms with E-state index in [0.717, 1.165) is 36.9 Å². The third-order valence-electron chi connectivity index (χ3n) is 4.40. The van der Waals surface area contributed by atoms with Crippen molar-refractivity contribution in [2.75, 3.05) is 50.7 Å². The van der Waals surface area contributed by atoms with Crippen LogP contribution in [0.15, 0.2) is 18.2 Å². The first kappa shape index (κ1) is 16.1. The second-order valence-electron chi connectivity index (χ2n) is 5.97. The smallest absolute Gasteiger partial charge is 0.324 e. The Labute approximate surface area is 141 Å². The highest BCUT2D eigenvalue weighted by molar-refractivity contribution is 6.30. The molecule has 2 heterocycles. The van der Waals surface area contributed by atoms with Crippen LogP contribution in [0.4, 0.5) is 10.5 Å². The summed E-state index contributed by atoms with van der Waals surface area (Å²) in [5.74, 6) is -0.118. The molecule has 0 bridgehead atoms. The maximum absolute atomic E-state index is 12.2. The lowest BCUT2D eigenvalue weighted by Gasteiger charge is -2.36. The Balaban J connectivity index is 1.55. The number of imide groups is 1. The molecule has 7 heteroatoms. The molecule has 2 fully saturated rings. The number of carbonyl (C=O) groups excluding carboxylic acids is 2. The van der Waals surface area contributed by atoms with Crippen LogP contribution in [0, 0.1) is 6.92 Å². The topological polar surface area (TPSA) is 55.9 Å². The molecule has 124 valence electrons. The molecule has 6 nitrogen and oxygen atoms in total. The molecular formula is C16H21ClN4O2. The van der Waals surface area contributed by atoms with Gasteiger partial charge >= 0.3 is 6.03 Å². The van der Waals surface area contributed by atoms with E-state index in [1.807, 2.05) is 18.2 Å². The average Bonchev–Trinajstić information content (AvgIpc) is 2.97. The number of anilines is 1. The fourth-order valence-corrected chi connectivity index (χ4v) is 3.22. The number of piperazine rings is 1. The molecule has 0 unspecified atom stereocenters. The quantitative estimate of drug-likeness (QED) is 0.904. The molecule has 3 amide bonds. The van der Waals surface area contributed by atoms with Crippen LogP contribution in [0.5, 0.6) is 0 Å². The molecule has 0 saturated carbocycles. The van der Waals surface area contributed by atoms with Crippen LogP contribution in [0.3, 0.4) is 0 Å². The highest BCUT2D eigenvalue weighted by Crippen LogP contribution is 2.25. The number of carbonyl (C=O) groups is 2. The molecule has 1 aromatic rings. The van der Waals surface area contributed by atoms with Gasteiger partial charge in [-0.15, -0.1) is 0 Å². The van der Waals surface area contributed by atoms with E-state index in [1.165, 1.54) is 10.5 Å². The number of amides is 3. The summed E-state index contributed by atoms with van der Waals surface area (Å²) in [7, 11) is 0. The lowest BCUT2D eigenvalue weighted by Crippen LogP contribution is -2.50. The van der Waals surface area contributed by atoms with Crippen LogP contribution in [0.1, 0.15) is 5.56 Å². The summed E-state index contributed by atoms with van der Waals surface area (Å²) in [5, 5.41) is 3.39. The van der Waals surface area contributed by atoms with Gasteiger partial charge in [0.15, 0.2) is 0 Å². The van der Waals surface area contributed by atoms with Crippen LogP contribution in [0.2, 0.25) is 5.02 Å². The summed E-state index contributed by atoms with van der Waals surface area (Å²) in [6.45, 7) is 6.69. The lowest BCUT2D eigenvalue weighted by molar-refractivity contribution is -0.128. The Morgan fingerprint density at radius 3 is 2.61 bits per heavy atom. The molecule has 0 atom stereocenters. The zero-order chi connectivity index (χ0) is 16.4. The summed E-state index contributed by atoms with van der Waals surface area (Å²) in [5.41, 5.74) is 2.36. The molecule has 2 aliphatic heterocycles. The van der Waals surface area contributed by atoms with Crippen LogP contribution < -0.4 is 10.2 Å². The van der Waals surface area contributed by atoms with E-state index in [9.17, 15) is 9.59 Å². The number of aryl methyl sites for hydroxylation is 1. The molecule has 1 aromatic carbocycles. The van der Waals surface area contributed by atoms with Crippen molar-refractivity contribution < 1.29 is 9.59 Å². The maximum Gasteiger partial charge on any atom is 0.324 e. The molecule has 0 aromatic heterocycles. The van der Waals surface area contributed by atoms with Gasteiger partial charge in [0, 0.05) is 50.0 Å². The number of benzene rings is 1. The van der Waals surface area contributed by atoms with Gasteiger partial charge in [-0.1, -0.05) is 17.7 Å². The van der Waals surface area contributed by atoms with Crippen molar-refractivity contribution in [1.29, 1.82) is 0 Å². The summed E-state index contributed by atoms with van der Waals surface area (Å²) >= 11 is 6.09. The Hall–Kier alpha value is -1.79. The van der Waals surface area contributed by atoms with E-state index in [-0.39, 0.29) is 11.9 Å². The summed E-state index contributed by atoms with van der Waals surface area (Å²) in [6, 6.07) is 5.64. The molecule has 0 radical (unpaired) electrons. The van der Waals surface area contributed by atoms with E-state index in [0.29, 0.717) is 19.6 Å². The molecule has 23 heavy (non-hydrogen) atoms. The molecule has 3 rings (SSSR count). The third kappa shape index (κ3) is 3.59. The monoisotopic (exact) mass is 336 g/mol. The largest absolute Gasteiger partial charge is 0.369 e. The zero-order valence-corrected chi connectivity index (χ0v) is 14.0. The number of urea groups is 1. The standard InChI is InChI=1S/C16H21ClN4O2/c1-12-2-3-13(17)10-14(12)20-8-6-19(7-9-20)11-15(22)21-5-4-18-16(21)23/h2-3,10H,4-9,11H2,1H3,(H,18,23). The van der Waals surface area contributed by atoms with Crippen molar-refractivity contribution in [2.45, 2.75) is 6.92 Å². The number of halogens is 1. The molecule has 0 spiro atoms. The van der Waals surface area contributed by atoms with Crippen molar-refractivity contribution in [2.24, 2.45) is 0 Å². The Morgan fingerprint density at radius 1 is 1.22 bits per heavy atom. The Kier molecular flexibility index (Phi) is 4.73. The molecule has 2 aliphatic rings. The van der Waals surface area contributed by atoms with Crippen molar-refractivity contribution in [3.8, 4) is 0 Å². The zero-order valence-electron chi connectivity index (χ0n) is 13.2. The third-order valence-corrected chi connectivity index (χ3v) is 4.64. The van der Waals surface area contributed by atoms with Crippen LogP contribution in [0.25, 0.3) is 0 Å². The summed E-state index contributed by atoms with van der Waals surface area (Å²) < 4.78 is 0. The summed E-state index contributed by atoms with van der Waals surface area (Å²) in [6.07, 6.45) is 0. The second-order valence-corrected chi connectivity index (χ2v) is 6.41. The molecular weight excluding hydrogens is 316 g/mol. The Morgan fingerprint density at radius 2 is 1.96 bits per heavy atom. The Bertz CT molecular complexity index is 614. The first-order valence-electron chi connectivity index (χ1n) is 7.86. The number of hydrogen-bond acceptors (Lipinski definition) is 4.